The summed E-state index contributed by atoms with van der Waals surface area (Å²) < 4.78 is 17.8. The highest BCUT2D eigenvalue weighted by Gasteiger charge is 2.08. The van der Waals surface area contributed by atoms with E-state index >= 15 is 0 Å². The number of ketones is 1. The van der Waals surface area contributed by atoms with E-state index in [1.165, 1.54) is 25.3 Å². The number of methoxy groups -OCH3 is 1. The van der Waals surface area contributed by atoms with Gasteiger partial charge in [0.1, 0.15) is 5.82 Å². The summed E-state index contributed by atoms with van der Waals surface area (Å²) in [6.45, 7) is 0. The molecule has 20 heavy (non-hydrogen) atoms. The van der Waals surface area contributed by atoms with Gasteiger partial charge in [-0.05, 0) is 42.0 Å². The smallest absolute Gasteiger partial charge is 0.212 e. The molecule has 0 aliphatic rings. The molecule has 0 saturated carbocycles. The monoisotopic (exact) mass is 291 g/mol. The summed E-state index contributed by atoms with van der Waals surface area (Å²) in [5.41, 5.74) is 1.00. The molecule has 0 aliphatic heterocycles. The zero-order valence-corrected chi connectivity index (χ0v) is 11.4. The first-order chi connectivity index (χ1) is 9.60. The van der Waals surface area contributed by atoms with Gasteiger partial charge in [-0.3, -0.25) is 4.79 Å². The van der Waals surface area contributed by atoms with Gasteiger partial charge in [0.2, 0.25) is 5.88 Å². The summed E-state index contributed by atoms with van der Waals surface area (Å²) >= 11 is 5.82. The molecule has 0 radical (unpaired) electrons. The van der Waals surface area contributed by atoms with Crippen molar-refractivity contribution in [3.63, 3.8) is 0 Å². The van der Waals surface area contributed by atoms with E-state index < -0.39 is 5.82 Å². The Balaban J connectivity index is 2.15. The Labute approximate surface area is 120 Å². The van der Waals surface area contributed by atoms with Crippen molar-refractivity contribution >= 4 is 23.5 Å². The molecule has 0 fully saturated rings. The first-order valence-corrected chi connectivity index (χ1v) is 6.15. The Kier molecular flexibility index (Phi) is 4.48. The zero-order valence-electron chi connectivity index (χ0n) is 10.6. The summed E-state index contributed by atoms with van der Waals surface area (Å²) in [6.07, 6.45) is 4.55. The number of halogens is 2. The minimum Gasteiger partial charge on any atom is -0.481 e. The van der Waals surface area contributed by atoms with Crippen molar-refractivity contribution in [2.75, 3.05) is 7.11 Å². The molecule has 0 unspecified atom stereocenters. The van der Waals surface area contributed by atoms with Crippen molar-refractivity contribution in [1.29, 1.82) is 0 Å². The SMILES string of the molecule is COc1ccc(/C=C/C(=O)c2ccc(F)cc2Cl)cn1. The lowest BCUT2D eigenvalue weighted by Crippen LogP contribution is -1.96. The number of ether oxygens (including phenoxy) is 1. The van der Waals surface area contributed by atoms with Crippen LogP contribution in [0.3, 0.4) is 0 Å². The lowest BCUT2D eigenvalue weighted by molar-refractivity contribution is 0.104. The van der Waals surface area contributed by atoms with E-state index in [4.69, 9.17) is 16.3 Å². The number of hydrogen-bond acceptors (Lipinski definition) is 3. The molecule has 0 amide bonds. The molecule has 0 N–H and O–H groups in total. The van der Waals surface area contributed by atoms with Crippen molar-refractivity contribution in [2.24, 2.45) is 0 Å². The topological polar surface area (TPSA) is 39.2 Å². The Hall–Kier alpha value is -2.20. The van der Waals surface area contributed by atoms with E-state index in [0.29, 0.717) is 5.88 Å². The van der Waals surface area contributed by atoms with Crippen molar-refractivity contribution in [3.8, 4) is 5.88 Å². The summed E-state index contributed by atoms with van der Waals surface area (Å²) in [7, 11) is 1.53. The number of pyridine rings is 1. The highest BCUT2D eigenvalue weighted by atomic mass is 35.5. The van der Waals surface area contributed by atoms with Gasteiger partial charge in [-0.25, -0.2) is 9.37 Å². The van der Waals surface area contributed by atoms with E-state index in [1.807, 2.05) is 0 Å². The van der Waals surface area contributed by atoms with Crippen LogP contribution in [0.4, 0.5) is 4.39 Å². The Morgan fingerprint density at radius 2 is 2.15 bits per heavy atom. The van der Waals surface area contributed by atoms with Crippen LogP contribution in [0.2, 0.25) is 5.02 Å². The Morgan fingerprint density at radius 1 is 1.35 bits per heavy atom. The molecule has 0 aliphatic carbocycles. The third-order valence-corrected chi connectivity index (χ3v) is 2.90. The average Bonchev–Trinajstić information content (AvgIpc) is 2.45. The van der Waals surface area contributed by atoms with Crippen LogP contribution in [0.1, 0.15) is 15.9 Å². The van der Waals surface area contributed by atoms with Crippen molar-refractivity contribution in [2.45, 2.75) is 0 Å². The Morgan fingerprint density at radius 3 is 2.75 bits per heavy atom. The quantitative estimate of drug-likeness (QED) is 0.636. The lowest BCUT2D eigenvalue weighted by atomic mass is 10.1. The number of rotatable bonds is 4. The predicted molar refractivity (Wildman–Crippen MR) is 75.6 cm³/mol. The van der Waals surface area contributed by atoms with Gasteiger partial charge in [-0.2, -0.15) is 0 Å². The fourth-order valence-corrected chi connectivity index (χ4v) is 1.82. The Bertz CT molecular complexity index is 653. The van der Waals surface area contributed by atoms with Crippen LogP contribution >= 0.6 is 11.6 Å². The minimum atomic E-state index is -0.477. The van der Waals surface area contributed by atoms with Crippen LogP contribution in [0, 0.1) is 5.82 Å². The van der Waals surface area contributed by atoms with E-state index in [1.54, 1.807) is 24.4 Å². The standard InChI is InChI=1S/C15H11ClFNO2/c1-20-15-7-3-10(9-18-15)2-6-14(19)12-5-4-11(17)8-13(12)16/h2-9H,1H3/b6-2+. The van der Waals surface area contributed by atoms with Crippen LogP contribution in [0.5, 0.6) is 5.88 Å². The minimum absolute atomic E-state index is 0.0903. The molecule has 2 aromatic rings. The predicted octanol–water partition coefficient (Wildman–Crippen LogP) is 3.78. The maximum atomic E-state index is 12.9. The second-order valence-corrected chi connectivity index (χ2v) is 4.36. The van der Waals surface area contributed by atoms with Crippen LogP contribution in [0.25, 0.3) is 6.08 Å². The number of hydrogen-bond donors (Lipinski definition) is 0. The van der Waals surface area contributed by atoms with E-state index in [0.717, 1.165) is 11.6 Å². The molecule has 1 heterocycles. The number of aromatic nitrogens is 1. The van der Waals surface area contributed by atoms with Gasteiger partial charge in [0.05, 0.1) is 12.1 Å². The molecule has 2 rings (SSSR count). The molecule has 0 saturated heterocycles. The highest BCUT2D eigenvalue weighted by Crippen LogP contribution is 2.18. The molecular formula is C15H11ClFNO2. The highest BCUT2D eigenvalue weighted by molar-refractivity contribution is 6.34. The summed E-state index contributed by atoms with van der Waals surface area (Å²) in [4.78, 5) is 16.0. The van der Waals surface area contributed by atoms with E-state index in [2.05, 4.69) is 4.98 Å². The third kappa shape index (κ3) is 3.42. The number of carbonyl (C=O) groups is 1. The molecule has 1 aromatic carbocycles. The van der Waals surface area contributed by atoms with Gasteiger partial charge in [0.15, 0.2) is 5.78 Å². The summed E-state index contributed by atoms with van der Waals surface area (Å²) in [5.74, 6) is -0.282. The number of carbonyl (C=O) groups excluding carboxylic acids is 1. The maximum absolute atomic E-state index is 12.9. The molecule has 1 aromatic heterocycles. The molecule has 3 nitrogen and oxygen atoms in total. The second-order valence-electron chi connectivity index (χ2n) is 3.96. The van der Waals surface area contributed by atoms with Gasteiger partial charge in [-0.1, -0.05) is 11.6 Å². The molecule has 102 valence electrons. The third-order valence-electron chi connectivity index (χ3n) is 2.59. The van der Waals surface area contributed by atoms with Gasteiger partial charge in [0.25, 0.3) is 0 Å². The first-order valence-electron chi connectivity index (χ1n) is 5.77. The lowest BCUT2D eigenvalue weighted by Gasteiger charge is -2.00. The van der Waals surface area contributed by atoms with Crippen LogP contribution in [-0.2, 0) is 0 Å². The summed E-state index contributed by atoms with van der Waals surface area (Å²) in [6, 6.07) is 7.12. The first kappa shape index (κ1) is 14.2. The largest absolute Gasteiger partial charge is 0.481 e. The van der Waals surface area contributed by atoms with Gasteiger partial charge < -0.3 is 4.74 Å². The van der Waals surface area contributed by atoms with Crippen LogP contribution < -0.4 is 4.74 Å². The molecule has 0 spiro atoms. The summed E-state index contributed by atoms with van der Waals surface area (Å²) in [5, 5.41) is 0.0903. The fourth-order valence-electron chi connectivity index (χ4n) is 1.56. The molecule has 0 atom stereocenters. The number of benzene rings is 1. The molecule has 0 bridgehead atoms. The number of allylic oxidation sites excluding steroid dienone is 1. The van der Waals surface area contributed by atoms with Gasteiger partial charge in [-0.15, -0.1) is 0 Å². The molecular weight excluding hydrogens is 281 g/mol. The van der Waals surface area contributed by atoms with E-state index in [-0.39, 0.29) is 16.4 Å². The normalized spacial score (nSPS) is 10.8. The number of nitrogens with zero attached hydrogens (tertiary/aromatic N) is 1. The molecule has 5 heteroatoms. The van der Waals surface area contributed by atoms with Crippen molar-refractivity contribution in [3.05, 3.63) is 64.6 Å². The van der Waals surface area contributed by atoms with Crippen molar-refractivity contribution < 1.29 is 13.9 Å². The van der Waals surface area contributed by atoms with E-state index in [9.17, 15) is 9.18 Å². The van der Waals surface area contributed by atoms with Crippen LogP contribution in [0.15, 0.2) is 42.6 Å². The second kappa shape index (κ2) is 6.30. The zero-order chi connectivity index (χ0) is 14.5. The van der Waals surface area contributed by atoms with Gasteiger partial charge >= 0.3 is 0 Å². The van der Waals surface area contributed by atoms with Crippen molar-refractivity contribution in [1.82, 2.24) is 4.98 Å². The average molecular weight is 292 g/mol. The van der Waals surface area contributed by atoms with Crippen LogP contribution in [-0.4, -0.2) is 17.9 Å². The van der Waals surface area contributed by atoms with Gasteiger partial charge in [0, 0.05) is 17.8 Å². The fraction of sp³-hybridized carbons (Fsp3) is 0.0667. The maximum Gasteiger partial charge on any atom is 0.212 e.